The Kier molecular flexibility index (Phi) is 4.78. The van der Waals surface area contributed by atoms with Gasteiger partial charge in [-0.3, -0.25) is 14.4 Å². The molecule has 0 spiro atoms. The lowest BCUT2D eigenvalue weighted by atomic mass is 9.92. The largest absolute Gasteiger partial charge is 0.345 e. The number of nitrogens with one attached hydrogen (secondary N) is 2. The van der Waals surface area contributed by atoms with Crippen LogP contribution in [-0.4, -0.2) is 66.3 Å². The van der Waals surface area contributed by atoms with Gasteiger partial charge >= 0.3 is 0 Å². The van der Waals surface area contributed by atoms with E-state index in [0.29, 0.717) is 17.4 Å². The van der Waals surface area contributed by atoms with E-state index in [-0.39, 0.29) is 30.3 Å². The van der Waals surface area contributed by atoms with Gasteiger partial charge in [0, 0.05) is 24.7 Å². The molecule has 1 saturated carbocycles. The highest BCUT2D eigenvalue weighted by Crippen LogP contribution is 2.41. The van der Waals surface area contributed by atoms with Gasteiger partial charge in [0.05, 0.1) is 6.54 Å². The van der Waals surface area contributed by atoms with Crippen LogP contribution in [0.5, 0.6) is 0 Å². The number of carbonyl (C=O) groups excluding carboxylic acids is 3. The number of amides is 3. The van der Waals surface area contributed by atoms with E-state index in [4.69, 9.17) is 0 Å². The van der Waals surface area contributed by atoms with Crippen molar-refractivity contribution in [2.24, 2.45) is 11.8 Å². The Morgan fingerprint density at radius 3 is 2.41 bits per heavy atom. The fourth-order valence-electron chi connectivity index (χ4n) is 5.17. The summed E-state index contributed by atoms with van der Waals surface area (Å²) in [4.78, 5) is 42.2. The van der Waals surface area contributed by atoms with Gasteiger partial charge in [-0.15, -0.1) is 0 Å². The zero-order valence-corrected chi connectivity index (χ0v) is 16.6. The highest BCUT2D eigenvalue weighted by Gasteiger charge is 2.47. The Bertz CT molecular complexity index is 823. The Morgan fingerprint density at radius 2 is 1.72 bits per heavy atom. The zero-order chi connectivity index (χ0) is 20.0. The molecule has 1 unspecified atom stereocenters. The molecule has 1 aliphatic carbocycles. The maximum absolute atomic E-state index is 13.0. The monoisotopic (exact) mass is 396 g/mol. The van der Waals surface area contributed by atoms with Crippen LogP contribution in [0.3, 0.4) is 0 Å². The van der Waals surface area contributed by atoms with Crippen molar-refractivity contribution in [2.45, 2.75) is 37.8 Å². The third kappa shape index (κ3) is 3.41. The van der Waals surface area contributed by atoms with E-state index in [0.717, 1.165) is 57.4 Å². The summed E-state index contributed by atoms with van der Waals surface area (Å²) < 4.78 is 0. The van der Waals surface area contributed by atoms with E-state index in [1.807, 2.05) is 23.1 Å². The average molecular weight is 396 g/mol. The minimum Gasteiger partial charge on any atom is -0.345 e. The normalized spacial score (nSPS) is 28.7. The Labute approximate surface area is 170 Å². The topological polar surface area (TPSA) is 81.8 Å². The molecule has 154 valence electrons. The molecule has 7 nitrogen and oxygen atoms in total. The van der Waals surface area contributed by atoms with Crippen LogP contribution in [0.15, 0.2) is 24.3 Å². The molecule has 1 aromatic carbocycles. The van der Waals surface area contributed by atoms with Crippen molar-refractivity contribution in [1.82, 2.24) is 20.4 Å². The molecule has 2 N–H and O–H groups in total. The second-order valence-corrected chi connectivity index (χ2v) is 8.79. The van der Waals surface area contributed by atoms with Gasteiger partial charge in [0.25, 0.3) is 5.91 Å². The van der Waals surface area contributed by atoms with E-state index >= 15 is 0 Å². The van der Waals surface area contributed by atoms with Gasteiger partial charge in [-0.1, -0.05) is 18.2 Å². The number of hydrogen-bond donors (Lipinski definition) is 2. The summed E-state index contributed by atoms with van der Waals surface area (Å²) in [5.74, 6) is 0.981. The smallest absolute Gasteiger partial charge is 0.255 e. The van der Waals surface area contributed by atoms with Gasteiger partial charge in [-0.25, -0.2) is 0 Å². The van der Waals surface area contributed by atoms with Crippen molar-refractivity contribution in [3.05, 3.63) is 35.4 Å². The lowest BCUT2D eigenvalue weighted by Gasteiger charge is -2.25. The molecule has 2 saturated heterocycles. The van der Waals surface area contributed by atoms with E-state index in [1.54, 1.807) is 11.0 Å². The molecule has 0 bridgehead atoms. The number of carbonyl (C=O) groups is 3. The highest BCUT2D eigenvalue weighted by atomic mass is 16.2. The van der Waals surface area contributed by atoms with Gasteiger partial charge in [-0.2, -0.15) is 0 Å². The molecule has 3 aliphatic heterocycles. The molecular weight excluding hydrogens is 368 g/mol. The number of hydrogen-bond acceptors (Lipinski definition) is 4. The van der Waals surface area contributed by atoms with E-state index in [1.165, 1.54) is 0 Å². The summed E-state index contributed by atoms with van der Waals surface area (Å²) in [6.45, 7) is 3.62. The van der Waals surface area contributed by atoms with Crippen LogP contribution in [0.4, 0.5) is 0 Å². The molecule has 1 aromatic rings. The summed E-state index contributed by atoms with van der Waals surface area (Å²) in [6, 6.07) is 6.85. The van der Waals surface area contributed by atoms with Crippen LogP contribution in [0.25, 0.3) is 0 Å². The average Bonchev–Trinajstić information content (AvgIpc) is 3.45. The first kappa shape index (κ1) is 18.6. The van der Waals surface area contributed by atoms with E-state index in [9.17, 15) is 14.4 Å². The van der Waals surface area contributed by atoms with Crippen molar-refractivity contribution < 1.29 is 14.4 Å². The predicted octanol–water partition coefficient (Wildman–Crippen LogP) is 0.920. The van der Waals surface area contributed by atoms with Gasteiger partial charge in [0.1, 0.15) is 6.04 Å². The zero-order valence-electron chi connectivity index (χ0n) is 16.6. The highest BCUT2D eigenvalue weighted by molar-refractivity contribution is 6.05. The van der Waals surface area contributed by atoms with Gasteiger partial charge in [0.15, 0.2) is 0 Å². The first-order valence-corrected chi connectivity index (χ1v) is 10.8. The standard InChI is InChI=1S/C22H28N4O3/c27-19(25-9-7-14-11-23-12-15(14)8-10-25)13-24-21(28)20-17-3-1-2-4-18(17)22(29)26(20)16-5-6-16/h1-4,14-16,20,23H,5-13H2,(H,24,28)/t14-,15+,20?. The van der Waals surface area contributed by atoms with Gasteiger partial charge in [0.2, 0.25) is 11.8 Å². The fourth-order valence-corrected chi connectivity index (χ4v) is 5.17. The molecule has 3 amide bonds. The SMILES string of the molecule is O=C(NCC(=O)N1CC[C@@H]2CNC[C@@H]2CC1)C1c2ccccc2C(=O)N1C1CC1. The number of fused-ring (bicyclic) bond motifs is 2. The lowest BCUT2D eigenvalue weighted by Crippen LogP contribution is -2.45. The molecule has 3 heterocycles. The van der Waals surface area contributed by atoms with Crippen molar-refractivity contribution >= 4 is 17.7 Å². The van der Waals surface area contributed by atoms with Crippen LogP contribution in [0.2, 0.25) is 0 Å². The minimum absolute atomic E-state index is 0.00220. The van der Waals surface area contributed by atoms with Gasteiger partial charge < -0.3 is 20.4 Å². The van der Waals surface area contributed by atoms with Crippen LogP contribution < -0.4 is 10.6 Å². The first-order chi connectivity index (χ1) is 14.1. The molecule has 0 aromatic heterocycles. The molecule has 3 fully saturated rings. The van der Waals surface area contributed by atoms with Crippen LogP contribution in [0.1, 0.15) is 47.6 Å². The fraction of sp³-hybridized carbons (Fsp3) is 0.591. The Morgan fingerprint density at radius 1 is 1.03 bits per heavy atom. The summed E-state index contributed by atoms with van der Waals surface area (Å²) in [7, 11) is 0. The molecule has 3 atom stereocenters. The van der Waals surface area contributed by atoms with Gasteiger partial charge in [-0.05, 0) is 62.2 Å². The maximum atomic E-state index is 13.0. The maximum Gasteiger partial charge on any atom is 0.255 e. The number of benzene rings is 1. The summed E-state index contributed by atoms with van der Waals surface area (Å²) in [5.41, 5.74) is 1.36. The van der Waals surface area contributed by atoms with E-state index in [2.05, 4.69) is 10.6 Å². The number of likely N-dealkylation sites (tertiary alicyclic amines) is 1. The van der Waals surface area contributed by atoms with Crippen molar-refractivity contribution in [1.29, 1.82) is 0 Å². The summed E-state index contributed by atoms with van der Waals surface area (Å²) in [5, 5.41) is 6.27. The van der Waals surface area contributed by atoms with Crippen molar-refractivity contribution in [3.8, 4) is 0 Å². The first-order valence-electron chi connectivity index (χ1n) is 10.8. The Balaban J connectivity index is 1.23. The number of rotatable bonds is 4. The molecule has 0 radical (unpaired) electrons. The van der Waals surface area contributed by atoms with Crippen LogP contribution >= 0.6 is 0 Å². The summed E-state index contributed by atoms with van der Waals surface area (Å²) >= 11 is 0. The lowest BCUT2D eigenvalue weighted by molar-refractivity contribution is -0.134. The second-order valence-electron chi connectivity index (χ2n) is 8.79. The molecule has 29 heavy (non-hydrogen) atoms. The summed E-state index contributed by atoms with van der Waals surface area (Å²) in [6.07, 6.45) is 3.93. The number of nitrogens with zero attached hydrogens (tertiary/aromatic N) is 2. The molecule has 5 rings (SSSR count). The van der Waals surface area contributed by atoms with Crippen molar-refractivity contribution in [3.63, 3.8) is 0 Å². The molecular formula is C22H28N4O3. The quantitative estimate of drug-likeness (QED) is 0.793. The third-order valence-electron chi connectivity index (χ3n) is 6.97. The van der Waals surface area contributed by atoms with Crippen LogP contribution in [0, 0.1) is 11.8 Å². The van der Waals surface area contributed by atoms with Crippen LogP contribution in [-0.2, 0) is 9.59 Å². The minimum atomic E-state index is -0.617. The predicted molar refractivity (Wildman–Crippen MR) is 107 cm³/mol. The molecule has 4 aliphatic rings. The molecule has 7 heteroatoms. The second kappa shape index (κ2) is 7.44. The van der Waals surface area contributed by atoms with E-state index < -0.39 is 6.04 Å². The van der Waals surface area contributed by atoms with Crippen molar-refractivity contribution in [2.75, 3.05) is 32.7 Å². The Hall–Kier alpha value is -2.41. The third-order valence-corrected chi connectivity index (χ3v) is 6.97.